The fourth-order valence-corrected chi connectivity index (χ4v) is 3.71. The number of morpholine rings is 1. The first-order chi connectivity index (χ1) is 14.5. The van der Waals surface area contributed by atoms with E-state index < -0.39 is 0 Å². The molecule has 7 heteroatoms. The summed E-state index contributed by atoms with van der Waals surface area (Å²) in [6, 6.07) is 14.2. The quantitative estimate of drug-likeness (QED) is 0.650. The Morgan fingerprint density at radius 2 is 2.00 bits per heavy atom. The Bertz CT molecular complexity index is 1030. The van der Waals surface area contributed by atoms with Crippen molar-refractivity contribution < 1.29 is 13.9 Å². The third-order valence-electron chi connectivity index (χ3n) is 5.26. The summed E-state index contributed by atoms with van der Waals surface area (Å²) in [7, 11) is 0. The SMILES string of the molecule is Cc1cc(C)n(CC(=O)N2CCO[C@H](c3cccc(Cc4ccc(F)cc4)n3)C2)n1. The number of aryl methyl sites for hydroxylation is 2. The minimum atomic E-state index is -0.267. The third-order valence-corrected chi connectivity index (χ3v) is 5.26. The van der Waals surface area contributed by atoms with Crippen LogP contribution in [0.15, 0.2) is 48.5 Å². The Morgan fingerprint density at radius 3 is 2.73 bits per heavy atom. The molecule has 1 fully saturated rings. The molecule has 1 aromatic carbocycles. The van der Waals surface area contributed by atoms with Crippen LogP contribution in [-0.2, 0) is 22.5 Å². The molecule has 1 aliphatic heterocycles. The minimum absolute atomic E-state index is 0.0250. The molecule has 1 saturated heterocycles. The van der Waals surface area contributed by atoms with E-state index in [4.69, 9.17) is 9.72 Å². The number of rotatable bonds is 5. The van der Waals surface area contributed by atoms with Crippen LogP contribution in [-0.4, -0.2) is 45.3 Å². The van der Waals surface area contributed by atoms with Gasteiger partial charge in [0, 0.05) is 24.4 Å². The van der Waals surface area contributed by atoms with Gasteiger partial charge in [-0.05, 0) is 49.7 Å². The van der Waals surface area contributed by atoms with Gasteiger partial charge < -0.3 is 9.64 Å². The number of halogens is 1. The van der Waals surface area contributed by atoms with Crippen molar-refractivity contribution in [3.05, 3.63) is 82.7 Å². The molecule has 1 aliphatic rings. The van der Waals surface area contributed by atoms with Crippen LogP contribution in [0.1, 0.15) is 34.4 Å². The van der Waals surface area contributed by atoms with Gasteiger partial charge >= 0.3 is 0 Å². The van der Waals surface area contributed by atoms with Gasteiger partial charge in [-0.3, -0.25) is 14.5 Å². The molecule has 0 radical (unpaired) electrons. The highest BCUT2D eigenvalue weighted by Crippen LogP contribution is 2.22. The second-order valence-corrected chi connectivity index (χ2v) is 7.64. The molecular formula is C23H25FN4O2. The lowest BCUT2D eigenvalue weighted by molar-refractivity contribution is -0.140. The molecule has 2 aromatic heterocycles. The zero-order chi connectivity index (χ0) is 21.1. The van der Waals surface area contributed by atoms with E-state index in [9.17, 15) is 9.18 Å². The summed E-state index contributed by atoms with van der Waals surface area (Å²) >= 11 is 0. The number of aromatic nitrogens is 3. The first-order valence-electron chi connectivity index (χ1n) is 10.1. The summed E-state index contributed by atoms with van der Waals surface area (Å²) in [5.41, 5.74) is 4.56. The summed E-state index contributed by atoms with van der Waals surface area (Å²) in [6.07, 6.45) is 0.345. The summed E-state index contributed by atoms with van der Waals surface area (Å²) in [5, 5.41) is 4.38. The summed E-state index contributed by atoms with van der Waals surface area (Å²) in [6.45, 7) is 5.59. The van der Waals surface area contributed by atoms with E-state index in [0.29, 0.717) is 26.1 Å². The minimum Gasteiger partial charge on any atom is -0.368 e. The van der Waals surface area contributed by atoms with Gasteiger partial charge in [-0.1, -0.05) is 18.2 Å². The van der Waals surface area contributed by atoms with Gasteiger partial charge in [0.05, 0.1) is 24.5 Å². The lowest BCUT2D eigenvalue weighted by Gasteiger charge is -2.33. The highest BCUT2D eigenvalue weighted by molar-refractivity contribution is 5.76. The van der Waals surface area contributed by atoms with E-state index in [1.54, 1.807) is 16.8 Å². The Kier molecular flexibility index (Phi) is 5.90. The lowest BCUT2D eigenvalue weighted by Crippen LogP contribution is -2.44. The summed E-state index contributed by atoms with van der Waals surface area (Å²) in [4.78, 5) is 19.4. The molecule has 0 spiro atoms. The molecule has 3 heterocycles. The molecule has 0 N–H and O–H groups in total. The Hall–Kier alpha value is -3.06. The van der Waals surface area contributed by atoms with Gasteiger partial charge in [0.15, 0.2) is 0 Å². The van der Waals surface area contributed by atoms with Gasteiger partial charge in [-0.15, -0.1) is 0 Å². The maximum Gasteiger partial charge on any atom is 0.244 e. The zero-order valence-corrected chi connectivity index (χ0v) is 17.2. The van der Waals surface area contributed by atoms with Gasteiger partial charge in [0.2, 0.25) is 5.91 Å². The summed E-state index contributed by atoms with van der Waals surface area (Å²) in [5.74, 6) is -0.224. The second kappa shape index (κ2) is 8.75. The molecule has 0 bridgehead atoms. The van der Waals surface area contributed by atoms with Gasteiger partial charge in [0.1, 0.15) is 18.5 Å². The average Bonchev–Trinajstić information content (AvgIpc) is 3.06. The van der Waals surface area contributed by atoms with Crippen LogP contribution < -0.4 is 0 Å². The number of hydrogen-bond donors (Lipinski definition) is 0. The maximum absolute atomic E-state index is 13.1. The summed E-state index contributed by atoms with van der Waals surface area (Å²) < 4.78 is 20.8. The number of nitrogens with zero attached hydrogens (tertiary/aromatic N) is 4. The van der Waals surface area contributed by atoms with Crippen LogP contribution in [0, 0.1) is 19.7 Å². The van der Waals surface area contributed by atoms with Crippen molar-refractivity contribution in [1.29, 1.82) is 0 Å². The van der Waals surface area contributed by atoms with Crippen molar-refractivity contribution >= 4 is 5.91 Å². The van der Waals surface area contributed by atoms with Crippen molar-refractivity contribution in [2.75, 3.05) is 19.7 Å². The van der Waals surface area contributed by atoms with Crippen molar-refractivity contribution in [2.24, 2.45) is 0 Å². The number of carbonyl (C=O) groups is 1. The van der Waals surface area contributed by atoms with Crippen molar-refractivity contribution in [3.8, 4) is 0 Å². The molecule has 0 aliphatic carbocycles. The molecular weight excluding hydrogens is 383 g/mol. The van der Waals surface area contributed by atoms with Crippen LogP contribution in [0.5, 0.6) is 0 Å². The number of carbonyl (C=O) groups excluding carboxylic acids is 1. The Morgan fingerprint density at radius 1 is 1.20 bits per heavy atom. The molecule has 4 rings (SSSR count). The smallest absolute Gasteiger partial charge is 0.244 e. The molecule has 0 unspecified atom stereocenters. The number of hydrogen-bond acceptors (Lipinski definition) is 4. The Labute approximate surface area is 175 Å². The van der Waals surface area contributed by atoms with Crippen molar-refractivity contribution in [1.82, 2.24) is 19.7 Å². The van der Waals surface area contributed by atoms with E-state index in [2.05, 4.69) is 5.10 Å². The van der Waals surface area contributed by atoms with E-state index in [0.717, 1.165) is 28.3 Å². The molecule has 156 valence electrons. The lowest BCUT2D eigenvalue weighted by atomic mass is 10.1. The second-order valence-electron chi connectivity index (χ2n) is 7.64. The standard InChI is InChI=1S/C23H25FN4O2/c1-16-12-17(2)28(26-16)15-23(29)27-10-11-30-22(14-27)21-5-3-4-20(25-21)13-18-6-8-19(24)9-7-18/h3-9,12,22H,10-11,13-15H2,1-2H3/t22-/m0/s1. The number of benzene rings is 1. The van der Waals surface area contributed by atoms with Crippen LogP contribution >= 0.6 is 0 Å². The molecule has 1 amide bonds. The largest absolute Gasteiger partial charge is 0.368 e. The van der Waals surface area contributed by atoms with E-state index in [1.165, 1.54) is 12.1 Å². The predicted molar refractivity (Wildman–Crippen MR) is 110 cm³/mol. The van der Waals surface area contributed by atoms with E-state index in [-0.39, 0.29) is 24.4 Å². The van der Waals surface area contributed by atoms with Crippen LogP contribution in [0.4, 0.5) is 4.39 Å². The molecule has 3 aromatic rings. The van der Waals surface area contributed by atoms with E-state index in [1.807, 2.05) is 43.0 Å². The first-order valence-corrected chi connectivity index (χ1v) is 10.1. The fraction of sp³-hybridized carbons (Fsp3) is 0.348. The number of amides is 1. The highest BCUT2D eigenvalue weighted by Gasteiger charge is 2.27. The number of pyridine rings is 1. The first kappa shape index (κ1) is 20.2. The predicted octanol–water partition coefficient (Wildman–Crippen LogP) is 3.22. The maximum atomic E-state index is 13.1. The molecule has 1 atom stereocenters. The average molecular weight is 408 g/mol. The van der Waals surface area contributed by atoms with Gasteiger partial charge in [-0.25, -0.2) is 4.39 Å². The Balaban J connectivity index is 1.43. The zero-order valence-electron chi connectivity index (χ0n) is 17.2. The molecule has 6 nitrogen and oxygen atoms in total. The highest BCUT2D eigenvalue weighted by atomic mass is 19.1. The number of ether oxygens (including phenoxy) is 1. The fourth-order valence-electron chi connectivity index (χ4n) is 3.71. The van der Waals surface area contributed by atoms with Gasteiger partial charge in [-0.2, -0.15) is 5.10 Å². The van der Waals surface area contributed by atoms with Crippen LogP contribution in [0.2, 0.25) is 0 Å². The molecule has 0 saturated carbocycles. The topological polar surface area (TPSA) is 60.2 Å². The van der Waals surface area contributed by atoms with Crippen LogP contribution in [0.25, 0.3) is 0 Å². The van der Waals surface area contributed by atoms with E-state index >= 15 is 0 Å². The monoisotopic (exact) mass is 408 g/mol. The molecule has 30 heavy (non-hydrogen) atoms. The normalized spacial score (nSPS) is 16.6. The van der Waals surface area contributed by atoms with Crippen molar-refractivity contribution in [3.63, 3.8) is 0 Å². The van der Waals surface area contributed by atoms with Gasteiger partial charge in [0.25, 0.3) is 0 Å². The van der Waals surface area contributed by atoms with Crippen LogP contribution in [0.3, 0.4) is 0 Å². The van der Waals surface area contributed by atoms with Crippen molar-refractivity contribution in [2.45, 2.75) is 32.9 Å². The third kappa shape index (κ3) is 4.74.